The molecule has 1 heterocycles. The van der Waals surface area contributed by atoms with E-state index < -0.39 is 0 Å². The van der Waals surface area contributed by atoms with Gasteiger partial charge in [-0.15, -0.1) is 0 Å². The average molecular weight is 151 g/mol. The fourth-order valence-corrected chi connectivity index (χ4v) is 2.13. The van der Waals surface area contributed by atoms with Gasteiger partial charge in [0.1, 0.15) is 0 Å². The van der Waals surface area contributed by atoms with E-state index in [1.54, 1.807) is 0 Å². The Labute approximate surface area is 66.9 Å². The van der Waals surface area contributed by atoms with Gasteiger partial charge in [-0.2, -0.15) is 0 Å². The second-order valence-electron chi connectivity index (χ2n) is 3.63. The van der Waals surface area contributed by atoms with E-state index >= 15 is 0 Å². The Hall–Kier alpha value is -0.790. The molecule has 0 spiro atoms. The standard InChI is InChI=1S/C9H13NO/c1-3-9(11)10-4-7-6(2)8(7)5-10/h3,6-8H,1,4-5H2,2H3. The fraction of sp³-hybridized carbons (Fsp3) is 0.667. The number of fused-ring (bicyclic) bond motifs is 1. The van der Waals surface area contributed by atoms with Crippen LogP contribution >= 0.6 is 0 Å². The number of carbonyl (C=O) groups is 1. The Morgan fingerprint density at radius 3 is 2.55 bits per heavy atom. The van der Waals surface area contributed by atoms with Crippen molar-refractivity contribution in [1.82, 2.24) is 4.90 Å². The molecule has 11 heavy (non-hydrogen) atoms. The molecule has 2 unspecified atom stereocenters. The molecule has 2 atom stereocenters. The van der Waals surface area contributed by atoms with Gasteiger partial charge in [0.25, 0.3) is 0 Å². The molecule has 1 amide bonds. The third-order valence-electron chi connectivity index (χ3n) is 3.11. The summed E-state index contributed by atoms with van der Waals surface area (Å²) in [7, 11) is 0. The molecule has 1 saturated carbocycles. The van der Waals surface area contributed by atoms with Gasteiger partial charge < -0.3 is 4.90 Å². The molecule has 1 saturated heterocycles. The van der Waals surface area contributed by atoms with E-state index in [1.807, 2.05) is 4.90 Å². The summed E-state index contributed by atoms with van der Waals surface area (Å²) >= 11 is 0. The number of hydrogen-bond donors (Lipinski definition) is 0. The molecule has 60 valence electrons. The Bertz CT molecular complexity index is 200. The first-order valence-electron chi connectivity index (χ1n) is 4.15. The lowest BCUT2D eigenvalue weighted by atomic mass is 10.3. The smallest absolute Gasteiger partial charge is 0.245 e. The van der Waals surface area contributed by atoms with E-state index in [4.69, 9.17) is 0 Å². The summed E-state index contributed by atoms with van der Waals surface area (Å²) in [6.07, 6.45) is 1.41. The van der Waals surface area contributed by atoms with Gasteiger partial charge in [-0.05, 0) is 23.8 Å². The minimum atomic E-state index is 0.101. The van der Waals surface area contributed by atoms with E-state index in [0.717, 1.165) is 30.8 Å². The highest BCUT2D eigenvalue weighted by atomic mass is 16.2. The molecule has 0 aromatic carbocycles. The van der Waals surface area contributed by atoms with E-state index in [-0.39, 0.29) is 5.91 Å². The molecule has 2 fully saturated rings. The van der Waals surface area contributed by atoms with Crippen molar-refractivity contribution in [2.45, 2.75) is 6.92 Å². The molecular weight excluding hydrogens is 138 g/mol. The zero-order valence-electron chi connectivity index (χ0n) is 6.79. The van der Waals surface area contributed by atoms with Gasteiger partial charge in [0.15, 0.2) is 0 Å². The molecule has 2 rings (SSSR count). The van der Waals surface area contributed by atoms with Crippen LogP contribution in [-0.4, -0.2) is 23.9 Å². The van der Waals surface area contributed by atoms with Crippen molar-refractivity contribution < 1.29 is 4.79 Å². The van der Waals surface area contributed by atoms with Crippen molar-refractivity contribution in [3.05, 3.63) is 12.7 Å². The number of likely N-dealkylation sites (tertiary alicyclic amines) is 1. The molecule has 2 nitrogen and oxygen atoms in total. The highest BCUT2D eigenvalue weighted by Crippen LogP contribution is 2.51. The van der Waals surface area contributed by atoms with Crippen molar-refractivity contribution in [3.8, 4) is 0 Å². The second-order valence-corrected chi connectivity index (χ2v) is 3.63. The number of nitrogens with zero attached hydrogens (tertiary/aromatic N) is 1. The van der Waals surface area contributed by atoms with Gasteiger partial charge in [0.2, 0.25) is 5.91 Å². The minimum Gasteiger partial charge on any atom is -0.339 e. The lowest BCUT2D eigenvalue weighted by Gasteiger charge is -2.16. The van der Waals surface area contributed by atoms with Crippen molar-refractivity contribution in [1.29, 1.82) is 0 Å². The maximum Gasteiger partial charge on any atom is 0.245 e. The zero-order valence-corrected chi connectivity index (χ0v) is 6.79. The molecular formula is C9H13NO. The van der Waals surface area contributed by atoms with E-state index in [2.05, 4.69) is 13.5 Å². The van der Waals surface area contributed by atoms with Crippen LogP contribution in [0.2, 0.25) is 0 Å². The Morgan fingerprint density at radius 1 is 1.55 bits per heavy atom. The summed E-state index contributed by atoms with van der Waals surface area (Å²) in [5, 5.41) is 0. The van der Waals surface area contributed by atoms with E-state index in [1.165, 1.54) is 6.08 Å². The first-order chi connectivity index (χ1) is 5.24. The quantitative estimate of drug-likeness (QED) is 0.510. The first-order valence-corrected chi connectivity index (χ1v) is 4.15. The summed E-state index contributed by atoms with van der Waals surface area (Å²) in [4.78, 5) is 13.0. The number of amides is 1. The fourth-order valence-electron chi connectivity index (χ4n) is 2.13. The number of carbonyl (C=O) groups excluding carboxylic acids is 1. The summed E-state index contributed by atoms with van der Waals surface area (Å²) in [6.45, 7) is 7.68. The number of rotatable bonds is 1. The molecule has 0 bridgehead atoms. The average Bonchev–Trinajstić information content (AvgIpc) is 2.55. The molecule has 0 N–H and O–H groups in total. The molecule has 0 radical (unpaired) electrons. The van der Waals surface area contributed by atoms with Gasteiger partial charge in [-0.3, -0.25) is 4.79 Å². The largest absolute Gasteiger partial charge is 0.339 e. The van der Waals surface area contributed by atoms with Crippen LogP contribution in [0.25, 0.3) is 0 Å². The third-order valence-corrected chi connectivity index (χ3v) is 3.11. The van der Waals surface area contributed by atoms with Crippen LogP contribution in [0.15, 0.2) is 12.7 Å². The lowest BCUT2D eigenvalue weighted by Crippen LogP contribution is -2.29. The Balaban J connectivity index is 1.94. The highest BCUT2D eigenvalue weighted by molar-refractivity contribution is 5.87. The van der Waals surface area contributed by atoms with Crippen LogP contribution in [0.3, 0.4) is 0 Å². The molecule has 2 heteroatoms. The predicted octanol–water partition coefficient (Wildman–Crippen LogP) is 0.897. The SMILES string of the molecule is C=CC(=O)N1CC2C(C)C2C1. The topological polar surface area (TPSA) is 20.3 Å². The maximum atomic E-state index is 11.1. The van der Waals surface area contributed by atoms with Crippen LogP contribution in [0.4, 0.5) is 0 Å². The van der Waals surface area contributed by atoms with Gasteiger partial charge in [0, 0.05) is 13.1 Å². The highest BCUT2D eigenvalue weighted by Gasteiger charge is 2.53. The van der Waals surface area contributed by atoms with E-state index in [0.29, 0.717) is 0 Å². The maximum absolute atomic E-state index is 11.1. The van der Waals surface area contributed by atoms with Crippen molar-refractivity contribution >= 4 is 5.91 Å². The van der Waals surface area contributed by atoms with Gasteiger partial charge >= 0.3 is 0 Å². The Morgan fingerprint density at radius 2 is 2.09 bits per heavy atom. The molecule has 2 aliphatic rings. The van der Waals surface area contributed by atoms with Gasteiger partial charge in [-0.1, -0.05) is 13.5 Å². The third kappa shape index (κ3) is 0.889. The molecule has 1 aliphatic carbocycles. The number of hydrogen-bond acceptors (Lipinski definition) is 1. The van der Waals surface area contributed by atoms with Crippen molar-refractivity contribution in [3.63, 3.8) is 0 Å². The van der Waals surface area contributed by atoms with Crippen LogP contribution < -0.4 is 0 Å². The summed E-state index contributed by atoms with van der Waals surface area (Å²) < 4.78 is 0. The summed E-state index contributed by atoms with van der Waals surface area (Å²) in [5.41, 5.74) is 0. The lowest BCUT2D eigenvalue weighted by molar-refractivity contribution is -0.125. The van der Waals surface area contributed by atoms with Crippen molar-refractivity contribution in [2.75, 3.05) is 13.1 Å². The first kappa shape index (κ1) is 6.89. The monoisotopic (exact) mass is 151 g/mol. The molecule has 1 aliphatic heterocycles. The molecule has 0 aromatic rings. The Kier molecular flexibility index (Phi) is 1.31. The number of piperidine rings is 1. The van der Waals surface area contributed by atoms with Crippen LogP contribution in [0.1, 0.15) is 6.92 Å². The second kappa shape index (κ2) is 2.10. The van der Waals surface area contributed by atoms with Crippen LogP contribution in [0.5, 0.6) is 0 Å². The van der Waals surface area contributed by atoms with Gasteiger partial charge in [0.05, 0.1) is 0 Å². The van der Waals surface area contributed by atoms with Gasteiger partial charge in [-0.25, -0.2) is 0 Å². The van der Waals surface area contributed by atoms with Crippen molar-refractivity contribution in [2.24, 2.45) is 17.8 Å². The van der Waals surface area contributed by atoms with Crippen LogP contribution in [-0.2, 0) is 4.79 Å². The summed E-state index contributed by atoms with van der Waals surface area (Å²) in [6, 6.07) is 0. The van der Waals surface area contributed by atoms with Crippen LogP contribution in [0, 0.1) is 17.8 Å². The summed E-state index contributed by atoms with van der Waals surface area (Å²) in [5.74, 6) is 2.58. The predicted molar refractivity (Wildman–Crippen MR) is 42.9 cm³/mol. The minimum absolute atomic E-state index is 0.101. The molecule has 0 aromatic heterocycles. The van der Waals surface area contributed by atoms with E-state index in [9.17, 15) is 4.79 Å². The normalized spacial score (nSPS) is 40.1. The zero-order chi connectivity index (χ0) is 8.01.